The van der Waals surface area contributed by atoms with Crippen molar-refractivity contribution in [1.29, 1.82) is 0 Å². The molecule has 0 N–H and O–H groups in total. The summed E-state index contributed by atoms with van der Waals surface area (Å²) in [7, 11) is 1.86. The van der Waals surface area contributed by atoms with Gasteiger partial charge in [-0.15, -0.1) is 0 Å². The van der Waals surface area contributed by atoms with E-state index in [1.807, 2.05) is 36.2 Å². The van der Waals surface area contributed by atoms with Gasteiger partial charge in [0.05, 0.1) is 12.6 Å². The zero-order chi connectivity index (χ0) is 23.1. The van der Waals surface area contributed by atoms with Crippen LogP contribution in [0.25, 0.3) is 0 Å². The van der Waals surface area contributed by atoms with Crippen LogP contribution >= 0.6 is 0 Å². The Hall–Kier alpha value is -2.67. The Labute approximate surface area is 188 Å². The second-order valence-electron chi connectivity index (χ2n) is 8.79. The molecule has 1 saturated heterocycles. The number of rotatable bonds is 8. The first-order chi connectivity index (χ1) is 15.3. The van der Waals surface area contributed by atoms with Gasteiger partial charge in [0.25, 0.3) is 0 Å². The maximum Gasteiger partial charge on any atom is 0.410 e. The number of ether oxygens (including phenoxy) is 2. The van der Waals surface area contributed by atoms with E-state index in [0.717, 1.165) is 16.9 Å². The molecule has 1 aliphatic heterocycles. The van der Waals surface area contributed by atoms with Gasteiger partial charge in [0, 0.05) is 19.6 Å². The molecule has 0 aliphatic carbocycles. The molecule has 1 fully saturated rings. The van der Waals surface area contributed by atoms with E-state index in [4.69, 9.17) is 9.47 Å². The van der Waals surface area contributed by atoms with E-state index in [1.54, 1.807) is 12.1 Å². The first kappa shape index (κ1) is 24.0. The molecule has 5 nitrogen and oxygen atoms in total. The van der Waals surface area contributed by atoms with Gasteiger partial charge in [0.1, 0.15) is 24.3 Å². The smallest absolute Gasteiger partial charge is 0.410 e. The van der Waals surface area contributed by atoms with Crippen molar-refractivity contribution in [2.45, 2.75) is 45.6 Å². The van der Waals surface area contributed by atoms with Crippen LogP contribution in [-0.2, 0) is 17.9 Å². The summed E-state index contributed by atoms with van der Waals surface area (Å²) in [4.78, 5) is 16.3. The normalized spacial score (nSPS) is 19.1. The fourth-order valence-corrected chi connectivity index (χ4v) is 3.67. The lowest BCUT2D eigenvalue weighted by molar-refractivity contribution is 0.0235. The Morgan fingerprint density at radius 3 is 2.41 bits per heavy atom. The van der Waals surface area contributed by atoms with Gasteiger partial charge in [-0.2, -0.15) is 0 Å². The van der Waals surface area contributed by atoms with E-state index in [2.05, 4.69) is 13.8 Å². The Kier molecular flexibility index (Phi) is 8.45. The van der Waals surface area contributed by atoms with Crippen LogP contribution in [-0.4, -0.2) is 54.9 Å². The topological polar surface area (TPSA) is 42.0 Å². The number of carbonyl (C=O) groups is 1. The highest BCUT2D eigenvalue weighted by Crippen LogP contribution is 2.23. The van der Waals surface area contributed by atoms with Crippen LogP contribution in [0.5, 0.6) is 5.75 Å². The van der Waals surface area contributed by atoms with Gasteiger partial charge < -0.3 is 14.4 Å². The highest BCUT2D eigenvalue weighted by atomic mass is 19.1. The monoisotopic (exact) mass is 446 g/mol. The number of likely N-dealkylation sites (tertiary alicyclic amines) is 1. The van der Waals surface area contributed by atoms with Gasteiger partial charge in [-0.3, -0.25) is 4.90 Å². The molecule has 0 spiro atoms. The van der Waals surface area contributed by atoms with E-state index in [1.165, 1.54) is 17.0 Å². The Morgan fingerprint density at radius 2 is 1.78 bits per heavy atom. The van der Waals surface area contributed by atoms with E-state index in [0.29, 0.717) is 25.5 Å². The van der Waals surface area contributed by atoms with Gasteiger partial charge in [0.2, 0.25) is 0 Å². The van der Waals surface area contributed by atoms with Crippen LogP contribution in [0.1, 0.15) is 31.4 Å². The first-order valence-electron chi connectivity index (χ1n) is 11.0. The number of amides is 1. The van der Waals surface area contributed by atoms with E-state index < -0.39 is 18.3 Å². The van der Waals surface area contributed by atoms with Gasteiger partial charge in [-0.25, -0.2) is 13.6 Å². The molecule has 174 valence electrons. The second-order valence-corrected chi connectivity index (χ2v) is 8.79. The van der Waals surface area contributed by atoms with Crippen molar-refractivity contribution in [2.24, 2.45) is 5.92 Å². The molecule has 7 heteroatoms. The lowest BCUT2D eigenvalue weighted by Crippen LogP contribution is -2.53. The predicted octanol–water partition coefficient (Wildman–Crippen LogP) is 5.04. The minimum Gasteiger partial charge on any atom is -0.493 e. The number of hydrogen-bond donors (Lipinski definition) is 0. The van der Waals surface area contributed by atoms with Crippen molar-refractivity contribution < 1.29 is 23.0 Å². The Morgan fingerprint density at radius 1 is 1.12 bits per heavy atom. The summed E-state index contributed by atoms with van der Waals surface area (Å²) in [6.45, 7) is 5.98. The molecular formula is C25H32F2N2O3. The second kappa shape index (κ2) is 11.3. The van der Waals surface area contributed by atoms with Crippen molar-refractivity contribution >= 4 is 6.09 Å². The summed E-state index contributed by atoms with van der Waals surface area (Å²) in [5.74, 6) is 0.839. The van der Waals surface area contributed by atoms with Crippen LogP contribution in [0.15, 0.2) is 48.5 Å². The summed E-state index contributed by atoms with van der Waals surface area (Å²) in [6, 6.07) is 12.7. The maximum absolute atomic E-state index is 14.8. The lowest BCUT2D eigenvalue weighted by Gasteiger charge is -2.39. The van der Waals surface area contributed by atoms with Crippen LogP contribution in [0.3, 0.4) is 0 Å². The molecule has 1 aliphatic rings. The van der Waals surface area contributed by atoms with Crippen molar-refractivity contribution in [3.63, 3.8) is 0 Å². The molecule has 0 saturated carbocycles. The number of nitrogens with zero attached hydrogens (tertiary/aromatic N) is 2. The Balaban J connectivity index is 1.65. The zero-order valence-corrected chi connectivity index (χ0v) is 19.0. The third kappa shape index (κ3) is 6.92. The predicted molar refractivity (Wildman–Crippen MR) is 120 cm³/mol. The van der Waals surface area contributed by atoms with Gasteiger partial charge >= 0.3 is 6.09 Å². The van der Waals surface area contributed by atoms with Crippen LogP contribution < -0.4 is 4.74 Å². The molecule has 3 rings (SSSR count). The number of alkyl halides is 1. The molecule has 1 amide bonds. The summed E-state index contributed by atoms with van der Waals surface area (Å²) in [5.41, 5.74) is 1.54. The van der Waals surface area contributed by atoms with Gasteiger partial charge in [-0.05, 0) is 54.8 Å². The number of hydrogen-bond acceptors (Lipinski definition) is 4. The molecule has 2 aromatic rings. The zero-order valence-electron chi connectivity index (χ0n) is 19.0. The number of benzene rings is 2. The maximum atomic E-state index is 14.8. The fourth-order valence-electron chi connectivity index (χ4n) is 3.67. The summed E-state index contributed by atoms with van der Waals surface area (Å²) >= 11 is 0. The third-order valence-electron chi connectivity index (χ3n) is 5.48. The SMILES string of the molecule is CC(C)COc1ccc(COC(=O)N(Cc2ccc(F)cc2)[C@@H]2CCN(C)C[C@@H]2F)cc1. The van der Waals surface area contributed by atoms with E-state index in [-0.39, 0.29) is 25.5 Å². The van der Waals surface area contributed by atoms with Gasteiger partial charge in [-0.1, -0.05) is 38.1 Å². The summed E-state index contributed by atoms with van der Waals surface area (Å²) in [6.07, 6.45) is -1.25. The largest absolute Gasteiger partial charge is 0.493 e. The number of halogens is 2. The average molecular weight is 447 g/mol. The molecule has 2 aromatic carbocycles. The quantitative estimate of drug-likeness (QED) is 0.570. The Bertz CT molecular complexity index is 858. The van der Waals surface area contributed by atoms with Crippen molar-refractivity contribution in [2.75, 3.05) is 26.7 Å². The molecule has 0 aromatic heterocycles. The average Bonchev–Trinajstić information content (AvgIpc) is 2.77. The summed E-state index contributed by atoms with van der Waals surface area (Å²) < 4.78 is 39.4. The fraction of sp³-hybridized carbons (Fsp3) is 0.480. The standard InChI is InChI=1S/C25H32F2N2O3/c1-18(2)16-31-22-10-6-20(7-11-22)17-32-25(30)29(14-19-4-8-21(26)9-5-19)24-12-13-28(3)15-23(24)27/h4-11,18,23-24H,12-17H2,1-3H3/t23-,24+/m0/s1. The highest BCUT2D eigenvalue weighted by Gasteiger charge is 2.35. The van der Waals surface area contributed by atoms with Crippen molar-refractivity contribution in [3.05, 3.63) is 65.5 Å². The minimum absolute atomic E-state index is 0.0762. The lowest BCUT2D eigenvalue weighted by atomic mass is 10.0. The van der Waals surface area contributed by atoms with E-state index in [9.17, 15) is 13.6 Å². The van der Waals surface area contributed by atoms with Crippen LogP contribution in [0.4, 0.5) is 13.6 Å². The molecular weight excluding hydrogens is 414 g/mol. The molecule has 0 bridgehead atoms. The molecule has 2 atom stereocenters. The molecule has 0 radical (unpaired) electrons. The first-order valence-corrected chi connectivity index (χ1v) is 11.0. The molecule has 1 heterocycles. The van der Waals surface area contributed by atoms with Crippen LogP contribution in [0.2, 0.25) is 0 Å². The van der Waals surface area contributed by atoms with Gasteiger partial charge in [0.15, 0.2) is 0 Å². The number of carbonyl (C=O) groups excluding carboxylic acids is 1. The van der Waals surface area contributed by atoms with Crippen LogP contribution in [0, 0.1) is 11.7 Å². The van der Waals surface area contributed by atoms with E-state index >= 15 is 0 Å². The molecule has 32 heavy (non-hydrogen) atoms. The number of piperidine rings is 1. The highest BCUT2D eigenvalue weighted by molar-refractivity contribution is 5.68. The minimum atomic E-state index is -1.18. The molecule has 0 unspecified atom stereocenters. The summed E-state index contributed by atoms with van der Waals surface area (Å²) in [5, 5.41) is 0. The van der Waals surface area contributed by atoms with Crippen molar-refractivity contribution in [1.82, 2.24) is 9.80 Å². The third-order valence-corrected chi connectivity index (χ3v) is 5.48. The van der Waals surface area contributed by atoms with Crippen molar-refractivity contribution in [3.8, 4) is 5.75 Å².